The highest BCUT2D eigenvalue weighted by Gasteiger charge is 2.44. The molecule has 33 heavy (non-hydrogen) atoms. The fourth-order valence-electron chi connectivity index (χ4n) is 4.03. The zero-order valence-electron chi connectivity index (χ0n) is 18.2. The molecule has 0 spiro atoms. The molecule has 1 aliphatic heterocycles. The molecule has 4 aromatic rings. The fraction of sp³-hybridized carbons (Fsp3) is 0.208. The molecule has 9 heteroatoms. The summed E-state index contributed by atoms with van der Waals surface area (Å²) in [7, 11) is 0. The molecule has 0 aliphatic carbocycles. The molecular weight excluding hydrogens is 456 g/mol. The Kier molecular flexibility index (Phi) is 5.30. The van der Waals surface area contributed by atoms with E-state index in [9.17, 15) is 9.59 Å². The van der Waals surface area contributed by atoms with Gasteiger partial charge in [-0.05, 0) is 31.2 Å². The molecule has 0 saturated heterocycles. The van der Waals surface area contributed by atoms with Gasteiger partial charge in [0.05, 0.1) is 20.9 Å². The molecule has 0 saturated carbocycles. The summed E-state index contributed by atoms with van der Waals surface area (Å²) in [4.78, 5) is 31.4. The lowest BCUT2D eigenvalue weighted by atomic mass is 9.69. The lowest BCUT2D eigenvalue weighted by Gasteiger charge is -2.37. The number of fused-ring (bicyclic) bond motifs is 2. The van der Waals surface area contributed by atoms with E-state index in [4.69, 9.17) is 9.72 Å². The molecule has 1 aromatic carbocycles. The van der Waals surface area contributed by atoms with E-state index >= 15 is 0 Å². The van der Waals surface area contributed by atoms with Gasteiger partial charge < -0.3 is 10.1 Å². The first kappa shape index (κ1) is 21.4. The second kappa shape index (κ2) is 8.17. The van der Waals surface area contributed by atoms with Gasteiger partial charge in [0.15, 0.2) is 5.78 Å². The molecule has 7 nitrogen and oxygen atoms in total. The Morgan fingerprint density at radius 1 is 1.06 bits per heavy atom. The zero-order valence-corrected chi connectivity index (χ0v) is 19.8. The minimum Gasteiger partial charge on any atom is -0.438 e. The maximum Gasteiger partial charge on any atom is 0.232 e. The van der Waals surface area contributed by atoms with Gasteiger partial charge in [0.25, 0.3) is 0 Å². The van der Waals surface area contributed by atoms with Crippen LogP contribution in [-0.4, -0.2) is 26.9 Å². The maximum absolute atomic E-state index is 13.3. The van der Waals surface area contributed by atoms with Gasteiger partial charge in [-0.15, -0.1) is 21.5 Å². The van der Waals surface area contributed by atoms with E-state index in [0.29, 0.717) is 21.6 Å². The Balaban J connectivity index is 1.57. The number of carbonyl (C=O) groups is 2. The number of para-hydroxylation sites is 1. The average Bonchev–Trinajstić information content (AvgIpc) is 3.49. The van der Waals surface area contributed by atoms with Crippen LogP contribution in [0.2, 0.25) is 0 Å². The summed E-state index contributed by atoms with van der Waals surface area (Å²) in [6, 6.07) is 15.3. The number of ketones is 1. The van der Waals surface area contributed by atoms with Crippen molar-refractivity contribution in [3.63, 3.8) is 0 Å². The molecule has 0 bridgehead atoms. The third-order valence-corrected chi connectivity index (χ3v) is 7.55. The number of nitrogens with one attached hydrogen (secondary N) is 1. The number of ether oxygens (including phenoxy) is 1. The Labute approximate surface area is 198 Å². The van der Waals surface area contributed by atoms with Crippen LogP contribution < -0.4 is 10.1 Å². The number of nitrogens with zero attached hydrogens (tertiary/aromatic N) is 3. The second-order valence-electron chi connectivity index (χ2n) is 8.30. The number of pyridine rings is 1. The molecule has 1 aliphatic rings. The van der Waals surface area contributed by atoms with Crippen LogP contribution in [0, 0.1) is 5.41 Å². The molecule has 3 aromatic heterocycles. The van der Waals surface area contributed by atoms with Crippen molar-refractivity contribution in [1.82, 2.24) is 15.2 Å². The Hall–Kier alpha value is -3.43. The van der Waals surface area contributed by atoms with E-state index in [1.165, 1.54) is 22.7 Å². The van der Waals surface area contributed by atoms with Crippen LogP contribution in [0.4, 0.5) is 5.13 Å². The van der Waals surface area contributed by atoms with Gasteiger partial charge in [-0.2, -0.15) is 0 Å². The van der Waals surface area contributed by atoms with Crippen molar-refractivity contribution < 1.29 is 14.3 Å². The summed E-state index contributed by atoms with van der Waals surface area (Å²) >= 11 is 2.67. The fourth-order valence-corrected chi connectivity index (χ4v) is 5.34. The SMILES string of the molecule is CC(=O)c1ccc(-c2ccc3c(n2)Oc2ccccc2[C@@H]3C(C)(C)C(=O)Nc2nncs2)s1. The number of hydrogen-bond acceptors (Lipinski definition) is 8. The quantitative estimate of drug-likeness (QED) is 0.368. The molecule has 1 N–H and O–H groups in total. The number of thiophene rings is 1. The molecule has 0 radical (unpaired) electrons. The minimum atomic E-state index is -0.839. The molecule has 0 unspecified atom stereocenters. The van der Waals surface area contributed by atoms with Crippen LogP contribution in [0.5, 0.6) is 11.6 Å². The van der Waals surface area contributed by atoms with Gasteiger partial charge in [-0.3, -0.25) is 9.59 Å². The number of benzene rings is 1. The van der Waals surface area contributed by atoms with Gasteiger partial charge in [-0.25, -0.2) is 4.98 Å². The van der Waals surface area contributed by atoms with Gasteiger partial charge in [-0.1, -0.05) is 49.4 Å². The Morgan fingerprint density at radius 3 is 2.61 bits per heavy atom. The highest BCUT2D eigenvalue weighted by Crippen LogP contribution is 2.52. The number of anilines is 1. The largest absolute Gasteiger partial charge is 0.438 e. The smallest absolute Gasteiger partial charge is 0.232 e. The summed E-state index contributed by atoms with van der Waals surface area (Å²) < 4.78 is 6.18. The number of Topliss-reactive ketones (excluding diaryl/α,β-unsaturated/α-hetero) is 1. The predicted molar refractivity (Wildman–Crippen MR) is 128 cm³/mol. The van der Waals surface area contributed by atoms with E-state index < -0.39 is 5.41 Å². The first-order chi connectivity index (χ1) is 15.8. The zero-order chi connectivity index (χ0) is 23.2. The lowest BCUT2D eigenvalue weighted by molar-refractivity contribution is -0.124. The molecule has 1 atom stereocenters. The van der Waals surface area contributed by atoms with Crippen molar-refractivity contribution >= 4 is 39.5 Å². The predicted octanol–water partition coefficient (Wildman–Crippen LogP) is 5.77. The number of hydrogen-bond donors (Lipinski definition) is 1. The summed E-state index contributed by atoms with van der Waals surface area (Å²) in [5, 5.41) is 11.1. The van der Waals surface area contributed by atoms with Crippen molar-refractivity contribution in [2.45, 2.75) is 26.7 Å². The normalized spacial score (nSPS) is 14.7. The topological polar surface area (TPSA) is 94.1 Å². The van der Waals surface area contributed by atoms with Crippen LogP contribution in [-0.2, 0) is 4.79 Å². The van der Waals surface area contributed by atoms with E-state index in [1.54, 1.807) is 12.4 Å². The number of rotatable bonds is 5. The van der Waals surface area contributed by atoms with E-state index in [1.807, 2.05) is 62.4 Å². The monoisotopic (exact) mass is 476 g/mol. The van der Waals surface area contributed by atoms with E-state index in [2.05, 4.69) is 15.5 Å². The molecule has 1 amide bonds. The summed E-state index contributed by atoms with van der Waals surface area (Å²) in [6.45, 7) is 5.37. The van der Waals surface area contributed by atoms with E-state index in [-0.39, 0.29) is 17.6 Å². The Morgan fingerprint density at radius 2 is 1.88 bits per heavy atom. The van der Waals surface area contributed by atoms with Crippen molar-refractivity contribution in [2.75, 3.05) is 5.32 Å². The van der Waals surface area contributed by atoms with E-state index in [0.717, 1.165) is 21.7 Å². The van der Waals surface area contributed by atoms with Crippen LogP contribution in [0.1, 0.15) is 47.5 Å². The van der Waals surface area contributed by atoms with Crippen LogP contribution in [0.25, 0.3) is 10.6 Å². The van der Waals surface area contributed by atoms with Gasteiger partial charge in [0.1, 0.15) is 11.3 Å². The van der Waals surface area contributed by atoms with Gasteiger partial charge in [0, 0.05) is 17.0 Å². The highest BCUT2D eigenvalue weighted by molar-refractivity contribution is 7.17. The van der Waals surface area contributed by atoms with Crippen molar-refractivity contribution in [3.05, 3.63) is 70.0 Å². The average molecular weight is 477 g/mol. The molecule has 0 fully saturated rings. The molecule has 4 heterocycles. The van der Waals surface area contributed by atoms with Crippen LogP contribution in [0.15, 0.2) is 54.0 Å². The van der Waals surface area contributed by atoms with Crippen molar-refractivity contribution in [2.24, 2.45) is 5.41 Å². The molecule has 166 valence electrons. The first-order valence-electron chi connectivity index (χ1n) is 10.3. The first-order valence-corrected chi connectivity index (χ1v) is 12.0. The standard InChI is InChI=1S/C24H20N4O3S2/c1-13(29)18-10-11-19(33-18)16-9-8-15-20(14-6-4-5-7-17(14)31-21(15)26-16)24(2,3)22(30)27-23-28-25-12-32-23/h4-12,20H,1-3H3,(H,27,28,30)/t20-/m0/s1. The summed E-state index contributed by atoms with van der Waals surface area (Å²) in [5.41, 5.74) is 3.22. The third kappa shape index (κ3) is 3.83. The maximum atomic E-state index is 13.3. The lowest BCUT2D eigenvalue weighted by Crippen LogP contribution is -2.38. The van der Waals surface area contributed by atoms with Crippen LogP contribution in [0.3, 0.4) is 0 Å². The van der Waals surface area contributed by atoms with Crippen LogP contribution >= 0.6 is 22.7 Å². The summed E-state index contributed by atoms with van der Waals surface area (Å²) in [6.07, 6.45) is 0. The van der Waals surface area contributed by atoms with Crippen molar-refractivity contribution in [1.29, 1.82) is 0 Å². The summed E-state index contributed by atoms with van der Waals surface area (Å²) in [5.74, 6) is 0.707. The number of aromatic nitrogens is 3. The third-order valence-electron chi connectivity index (χ3n) is 5.73. The van der Waals surface area contributed by atoms with Gasteiger partial charge in [0.2, 0.25) is 16.9 Å². The van der Waals surface area contributed by atoms with Crippen molar-refractivity contribution in [3.8, 4) is 22.2 Å². The second-order valence-corrected chi connectivity index (χ2v) is 10.2. The highest BCUT2D eigenvalue weighted by atomic mass is 32.1. The number of carbonyl (C=O) groups excluding carboxylic acids is 2. The molecular formula is C24H20N4O3S2. The number of amides is 1. The Bertz CT molecular complexity index is 1360. The van der Waals surface area contributed by atoms with Gasteiger partial charge >= 0.3 is 0 Å². The molecule has 5 rings (SSSR count). The minimum absolute atomic E-state index is 0.0256.